The SMILES string of the molecule is COC(=O)C1CCC(OC[C@@H]2C[C@H](OC=O)CN2C(=O)OC(C)(C)C)CC1. The van der Waals surface area contributed by atoms with Crippen LogP contribution in [0.15, 0.2) is 0 Å². The zero-order valence-electron chi connectivity index (χ0n) is 16.6. The molecule has 0 aromatic rings. The quantitative estimate of drug-likeness (QED) is 0.393. The van der Waals surface area contributed by atoms with E-state index in [4.69, 9.17) is 18.9 Å². The molecule has 2 rings (SSSR count). The number of hydrogen-bond donors (Lipinski definition) is 0. The highest BCUT2D eigenvalue weighted by atomic mass is 16.6. The number of methoxy groups -OCH3 is 1. The van der Waals surface area contributed by atoms with Crippen LogP contribution in [0, 0.1) is 5.92 Å². The fraction of sp³-hybridized carbons (Fsp3) is 0.842. The van der Waals surface area contributed by atoms with Crippen molar-refractivity contribution in [3.63, 3.8) is 0 Å². The summed E-state index contributed by atoms with van der Waals surface area (Å²) in [4.78, 5) is 36.3. The van der Waals surface area contributed by atoms with Crippen molar-refractivity contribution in [2.45, 2.75) is 76.7 Å². The summed E-state index contributed by atoms with van der Waals surface area (Å²) in [5, 5.41) is 0. The van der Waals surface area contributed by atoms with Gasteiger partial charge < -0.3 is 18.9 Å². The van der Waals surface area contributed by atoms with Gasteiger partial charge >= 0.3 is 12.1 Å². The van der Waals surface area contributed by atoms with Gasteiger partial charge in [-0.2, -0.15) is 0 Å². The van der Waals surface area contributed by atoms with Crippen molar-refractivity contribution in [1.29, 1.82) is 0 Å². The summed E-state index contributed by atoms with van der Waals surface area (Å²) in [6.45, 7) is 6.50. The van der Waals surface area contributed by atoms with Crippen molar-refractivity contribution < 1.29 is 33.3 Å². The molecular formula is C19H31NO7. The molecule has 0 aromatic heterocycles. The van der Waals surface area contributed by atoms with Crippen LogP contribution in [0.2, 0.25) is 0 Å². The molecule has 0 bridgehead atoms. The monoisotopic (exact) mass is 385 g/mol. The normalized spacial score (nSPS) is 28.5. The third-order valence-electron chi connectivity index (χ3n) is 4.99. The standard InChI is InChI=1S/C19H31NO7/c1-19(2,3)27-18(23)20-10-16(26-12-21)9-14(20)11-25-15-7-5-13(6-8-15)17(22)24-4/h12-16H,5-11H2,1-4H3/t13?,14-,15?,16-/m0/s1. The van der Waals surface area contributed by atoms with E-state index in [9.17, 15) is 14.4 Å². The van der Waals surface area contributed by atoms with Crippen molar-refractivity contribution in [3.05, 3.63) is 0 Å². The van der Waals surface area contributed by atoms with Crippen LogP contribution < -0.4 is 0 Å². The minimum atomic E-state index is -0.599. The van der Waals surface area contributed by atoms with Gasteiger partial charge in [-0.1, -0.05) is 0 Å². The number of carbonyl (C=O) groups is 3. The second kappa shape index (κ2) is 9.39. The van der Waals surface area contributed by atoms with Gasteiger partial charge in [0.15, 0.2) is 0 Å². The topological polar surface area (TPSA) is 91.4 Å². The summed E-state index contributed by atoms with van der Waals surface area (Å²) in [5.41, 5.74) is -0.599. The number of nitrogens with zero attached hydrogens (tertiary/aromatic N) is 1. The van der Waals surface area contributed by atoms with Crippen LogP contribution in [0.25, 0.3) is 0 Å². The Morgan fingerprint density at radius 2 is 1.78 bits per heavy atom. The Kier molecular flexibility index (Phi) is 7.47. The Balaban J connectivity index is 1.87. The summed E-state index contributed by atoms with van der Waals surface area (Å²) < 4.78 is 21.3. The first-order valence-corrected chi connectivity index (χ1v) is 9.51. The zero-order chi connectivity index (χ0) is 20.0. The summed E-state index contributed by atoms with van der Waals surface area (Å²) in [7, 11) is 1.41. The van der Waals surface area contributed by atoms with Crippen molar-refractivity contribution in [2.75, 3.05) is 20.3 Å². The molecule has 0 unspecified atom stereocenters. The number of amides is 1. The van der Waals surface area contributed by atoms with Crippen LogP contribution in [-0.2, 0) is 28.5 Å². The van der Waals surface area contributed by atoms with E-state index >= 15 is 0 Å². The number of esters is 1. The van der Waals surface area contributed by atoms with Gasteiger partial charge in [-0.05, 0) is 46.5 Å². The highest BCUT2D eigenvalue weighted by molar-refractivity contribution is 5.72. The lowest BCUT2D eigenvalue weighted by molar-refractivity contribution is -0.147. The van der Waals surface area contributed by atoms with E-state index in [0.717, 1.165) is 25.7 Å². The van der Waals surface area contributed by atoms with Gasteiger partial charge in [-0.3, -0.25) is 14.5 Å². The van der Waals surface area contributed by atoms with E-state index in [1.807, 2.05) is 20.8 Å². The molecule has 1 heterocycles. The van der Waals surface area contributed by atoms with Gasteiger partial charge in [-0.25, -0.2) is 4.79 Å². The maximum Gasteiger partial charge on any atom is 0.410 e. The maximum absolute atomic E-state index is 12.5. The Morgan fingerprint density at radius 1 is 1.11 bits per heavy atom. The van der Waals surface area contributed by atoms with Crippen molar-refractivity contribution in [2.24, 2.45) is 5.92 Å². The van der Waals surface area contributed by atoms with Gasteiger partial charge in [0.25, 0.3) is 6.47 Å². The molecule has 1 saturated carbocycles. The van der Waals surface area contributed by atoms with Crippen LogP contribution >= 0.6 is 0 Å². The van der Waals surface area contributed by atoms with Gasteiger partial charge in [0.1, 0.15) is 11.7 Å². The lowest BCUT2D eigenvalue weighted by atomic mass is 9.87. The van der Waals surface area contributed by atoms with Gasteiger partial charge in [0.2, 0.25) is 0 Å². The van der Waals surface area contributed by atoms with Crippen LogP contribution in [0.5, 0.6) is 0 Å². The molecule has 2 aliphatic rings. The smallest absolute Gasteiger partial charge is 0.410 e. The maximum atomic E-state index is 12.5. The lowest BCUT2D eigenvalue weighted by Gasteiger charge is -2.31. The minimum Gasteiger partial charge on any atom is -0.469 e. The first-order valence-electron chi connectivity index (χ1n) is 9.51. The molecule has 2 atom stereocenters. The predicted octanol–water partition coefficient (Wildman–Crippen LogP) is 2.29. The number of hydrogen-bond acceptors (Lipinski definition) is 7. The molecule has 8 heteroatoms. The number of rotatable bonds is 6. The molecule has 1 saturated heterocycles. The first-order chi connectivity index (χ1) is 12.7. The van der Waals surface area contributed by atoms with Crippen molar-refractivity contribution in [3.8, 4) is 0 Å². The molecule has 1 aliphatic carbocycles. The average Bonchev–Trinajstić information content (AvgIpc) is 3.02. The molecule has 0 spiro atoms. The van der Waals surface area contributed by atoms with Crippen LogP contribution in [0.3, 0.4) is 0 Å². The Labute approximate surface area is 160 Å². The second-order valence-corrected chi connectivity index (χ2v) is 8.21. The van der Waals surface area contributed by atoms with E-state index in [0.29, 0.717) is 26.0 Å². The Morgan fingerprint density at radius 3 is 2.33 bits per heavy atom. The lowest BCUT2D eigenvalue weighted by Crippen LogP contribution is -2.42. The number of ether oxygens (including phenoxy) is 4. The molecule has 1 aliphatic heterocycles. The molecule has 154 valence electrons. The van der Waals surface area contributed by atoms with E-state index in [2.05, 4.69) is 0 Å². The van der Waals surface area contributed by atoms with E-state index in [1.165, 1.54) is 7.11 Å². The Bertz CT molecular complexity index is 523. The second-order valence-electron chi connectivity index (χ2n) is 8.21. The fourth-order valence-corrected chi connectivity index (χ4v) is 3.63. The molecule has 0 aromatic carbocycles. The van der Waals surface area contributed by atoms with Crippen LogP contribution in [-0.4, -0.2) is 67.5 Å². The van der Waals surface area contributed by atoms with Crippen LogP contribution in [0.4, 0.5) is 4.79 Å². The number of likely N-dealkylation sites (tertiary alicyclic amines) is 1. The van der Waals surface area contributed by atoms with Gasteiger partial charge in [0, 0.05) is 6.42 Å². The third kappa shape index (κ3) is 6.37. The minimum absolute atomic E-state index is 0.0510. The summed E-state index contributed by atoms with van der Waals surface area (Å²) in [6.07, 6.45) is 2.86. The summed E-state index contributed by atoms with van der Waals surface area (Å²) in [6, 6.07) is -0.205. The first kappa shape index (κ1) is 21.5. The molecule has 1 amide bonds. The molecule has 2 fully saturated rings. The van der Waals surface area contributed by atoms with Crippen molar-refractivity contribution in [1.82, 2.24) is 4.90 Å². The molecule has 8 nitrogen and oxygen atoms in total. The molecular weight excluding hydrogens is 354 g/mol. The van der Waals surface area contributed by atoms with Gasteiger partial charge in [-0.15, -0.1) is 0 Å². The largest absolute Gasteiger partial charge is 0.469 e. The summed E-state index contributed by atoms with van der Waals surface area (Å²) in [5.74, 6) is -0.209. The zero-order valence-corrected chi connectivity index (χ0v) is 16.6. The van der Waals surface area contributed by atoms with E-state index in [-0.39, 0.29) is 30.1 Å². The van der Waals surface area contributed by atoms with E-state index < -0.39 is 11.7 Å². The van der Waals surface area contributed by atoms with Crippen LogP contribution in [0.1, 0.15) is 52.9 Å². The highest BCUT2D eigenvalue weighted by Crippen LogP contribution is 2.29. The highest BCUT2D eigenvalue weighted by Gasteiger charge is 2.39. The van der Waals surface area contributed by atoms with Gasteiger partial charge in [0.05, 0.1) is 38.3 Å². The average molecular weight is 385 g/mol. The van der Waals surface area contributed by atoms with E-state index in [1.54, 1.807) is 4.90 Å². The number of carbonyl (C=O) groups excluding carboxylic acids is 3. The molecule has 27 heavy (non-hydrogen) atoms. The Hall–Kier alpha value is -1.83. The predicted molar refractivity (Wildman–Crippen MR) is 96.0 cm³/mol. The molecule has 0 radical (unpaired) electrons. The third-order valence-corrected chi connectivity index (χ3v) is 4.99. The molecule has 0 N–H and O–H groups in total. The van der Waals surface area contributed by atoms with Crippen molar-refractivity contribution >= 4 is 18.5 Å². The summed E-state index contributed by atoms with van der Waals surface area (Å²) >= 11 is 0. The fourth-order valence-electron chi connectivity index (χ4n) is 3.63.